The van der Waals surface area contributed by atoms with Crippen LogP contribution in [0.3, 0.4) is 0 Å². The number of carbonyl (C=O) groups excluding carboxylic acids is 1. The van der Waals surface area contributed by atoms with E-state index in [1.807, 2.05) is 6.92 Å². The molecule has 0 spiro atoms. The minimum Gasteiger partial charge on any atom is -0.393 e. The summed E-state index contributed by atoms with van der Waals surface area (Å²) in [5.74, 6) is 0.0546. The van der Waals surface area contributed by atoms with E-state index in [9.17, 15) is 9.90 Å². The Kier molecular flexibility index (Phi) is 3.91. The fourth-order valence-corrected chi connectivity index (χ4v) is 2.36. The van der Waals surface area contributed by atoms with E-state index in [0.29, 0.717) is 12.2 Å². The summed E-state index contributed by atoms with van der Waals surface area (Å²) >= 11 is 0. The molecule has 0 radical (unpaired) electrons. The summed E-state index contributed by atoms with van der Waals surface area (Å²) in [6.07, 6.45) is 5.68. The zero-order valence-corrected chi connectivity index (χ0v) is 10.8. The van der Waals surface area contributed by atoms with Crippen LogP contribution in [-0.2, 0) is 0 Å². The zero-order valence-electron chi connectivity index (χ0n) is 10.8. The van der Waals surface area contributed by atoms with Gasteiger partial charge in [-0.2, -0.15) is 0 Å². The van der Waals surface area contributed by atoms with Gasteiger partial charge in [-0.25, -0.2) is 4.98 Å². The van der Waals surface area contributed by atoms with Gasteiger partial charge in [0.2, 0.25) is 0 Å². The molecule has 2 rings (SSSR count). The number of hydrogen-bond acceptors (Lipinski definition) is 4. The van der Waals surface area contributed by atoms with E-state index in [0.717, 1.165) is 25.0 Å². The topological polar surface area (TPSA) is 66.3 Å². The summed E-state index contributed by atoms with van der Waals surface area (Å²) in [5, 5.41) is 9.76. The van der Waals surface area contributed by atoms with Crippen molar-refractivity contribution >= 4 is 5.91 Å². The van der Waals surface area contributed by atoms with Gasteiger partial charge in [-0.05, 0) is 19.8 Å². The van der Waals surface area contributed by atoms with Crippen LogP contribution in [0.25, 0.3) is 0 Å². The Balaban J connectivity index is 1.98. The predicted octanol–water partition coefficient (Wildman–Crippen LogP) is 1.02. The van der Waals surface area contributed by atoms with Gasteiger partial charge in [0, 0.05) is 25.7 Å². The van der Waals surface area contributed by atoms with Crippen LogP contribution in [0.15, 0.2) is 12.4 Å². The molecule has 0 bridgehead atoms. The summed E-state index contributed by atoms with van der Waals surface area (Å²) < 4.78 is 0. The van der Waals surface area contributed by atoms with Crippen LogP contribution in [0.1, 0.15) is 35.4 Å². The minimum atomic E-state index is -0.274. The van der Waals surface area contributed by atoms with Crippen LogP contribution >= 0.6 is 0 Å². The Hall–Kier alpha value is -1.49. The Morgan fingerprint density at radius 2 is 2.22 bits per heavy atom. The monoisotopic (exact) mass is 249 g/mol. The SMILES string of the molecule is Cc1cnc(C(=O)N(C)CC2CCCC2O)cn1. The second-order valence-electron chi connectivity index (χ2n) is 4.99. The molecule has 2 unspecified atom stereocenters. The van der Waals surface area contributed by atoms with Crippen molar-refractivity contribution in [2.75, 3.05) is 13.6 Å². The zero-order chi connectivity index (χ0) is 13.1. The van der Waals surface area contributed by atoms with Crippen LogP contribution in [-0.4, -0.2) is 45.6 Å². The van der Waals surface area contributed by atoms with Crippen molar-refractivity contribution in [1.29, 1.82) is 0 Å². The van der Waals surface area contributed by atoms with E-state index in [2.05, 4.69) is 9.97 Å². The first kappa shape index (κ1) is 13.0. The lowest BCUT2D eigenvalue weighted by Crippen LogP contribution is -2.35. The van der Waals surface area contributed by atoms with Crippen LogP contribution in [0.4, 0.5) is 0 Å². The van der Waals surface area contributed by atoms with Gasteiger partial charge in [0.15, 0.2) is 0 Å². The molecule has 98 valence electrons. The minimum absolute atomic E-state index is 0.137. The number of carbonyl (C=O) groups is 1. The maximum absolute atomic E-state index is 12.1. The van der Waals surface area contributed by atoms with E-state index < -0.39 is 0 Å². The molecule has 1 aromatic heterocycles. The summed E-state index contributed by atoms with van der Waals surface area (Å²) in [6, 6.07) is 0. The molecule has 1 amide bonds. The second-order valence-corrected chi connectivity index (χ2v) is 4.99. The van der Waals surface area contributed by atoms with E-state index >= 15 is 0 Å². The smallest absolute Gasteiger partial charge is 0.273 e. The van der Waals surface area contributed by atoms with Crippen molar-refractivity contribution in [1.82, 2.24) is 14.9 Å². The molecule has 0 aromatic carbocycles. The highest BCUT2D eigenvalue weighted by atomic mass is 16.3. The van der Waals surface area contributed by atoms with Crippen molar-refractivity contribution in [3.8, 4) is 0 Å². The molecule has 1 aromatic rings. The average Bonchev–Trinajstić information content (AvgIpc) is 2.75. The lowest BCUT2D eigenvalue weighted by Gasteiger charge is -2.22. The van der Waals surface area contributed by atoms with Gasteiger partial charge < -0.3 is 10.0 Å². The first-order valence-electron chi connectivity index (χ1n) is 6.30. The third-order valence-electron chi connectivity index (χ3n) is 3.47. The predicted molar refractivity (Wildman–Crippen MR) is 67.1 cm³/mol. The normalized spacial score (nSPS) is 23.1. The highest BCUT2D eigenvalue weighted by Gasteiger charge is 2.28. The van der Waals surface area contributed by atoms with E-state index in [-0.39, 0.29) is 17.9 Å². The summed E-state index contributed by atoms with van der Waals surface area (Å²) in [5.41, 5.74) is 1.15. The Morgan fingerprint density at radius 3 is 2.78 bits per heavy atom. The van der Waals surface area contributed by atoms with E-state index in [1.165, 1.54) is 6.20 Å². The molecule has 1 N–H and O–H groups in total. The average molecular weight is 249 g/mol. The molecular weight excluding hydrogens is 230 g/mol. The molecular formula is C13H19N3O2. The van der Waals surface area contributed by atoms with Crippen LogP contribution < -0.4 is 0 Å². The lowest BCUT2D eigenvalue weighted by molar-refractivity contribution is 0.0688. The quantitative estimate of drug-likeness (QED) is 0.868. The van der Waals surface area contributed by atoms with E-state index in [1.54, 1.807) is 18.1 Å². The first-order valence-corrected chi connectivity index (χ1v) is 6.30. The van der Waals surface area contributed by atoms with Gasteiger partial charge in [-0.15, -0.1) is 0 Å². The number of aromatic nitrogens is 2. The number of nitrogens with zero attached hydrogens (tertiary/aromatic N) is 3. The van der Waals surface area contributed by atoms with Crippen LogP contribution in [0, 0.1) is 12.8 Å². The Morgan fingerprint density at radius 1 is 1.44 bits per heavy atom. The summed E-state index contributed by atoms with van der Waals surface area (Å²) in [7, 11) is 1.74. The molecule has 1 heterocycles. The molecule has 1 saturated carbocycles. The summed E-state index contributed by atoms with van der Waals surface area (Å²) in [6.45, 7) is 2.41. The molecule has 5 heteroatoms. The van der Waals surface area contributed by atoms with Gasteiger partial charge in [0.05, 0.1) is 18.0 Å². The van der Waals surface area contributed by atoms with Gasteiger partial charge in [0.25, 0.3) is 5.91 Å². The third-order valence-corrected chi connectivity index (χ3v) is 3.47. The standard InChI is InChI=1S/C13H19N3O2/c1-9-6-15-11(7-14-9)13(18)16(2)8-10-4-3-5-12(10)17/h6-7,10,12,17H,3-5,8H2,1-2H3. The molecule has 1 aliphatic rings. The van der Waals surface area contributed by atoms with Crippen molar-refractivity contribution in [2.45, 2.75) is 32.3 Å². The molecule has 1 fully saturated rings. The fourth-order valence-electron chi connectivity index (χ4n) is 2.36. The van der Waals surface area contributed by atoms with Crippen LogP contribution in [0.2, 0.25) is 0 Å². The Labute approximate surface area is 107 Å². The van der Waals surface area contributed by atoms with E-state index in [4.69, 9.17) is 0 Å². The maximum Gasteiger partial charge on any atom is 0.273 e. The third kappa shape index (κ3) is 2.85. The number of hydrogen-bond donors (Lipinski definition) is 1. The van der Waals surface area contributed by atoms with Gasteiger partial charge in [0.1, 0.15) is 5.69 Å². The molecule has 0 aliphatic heterocycles. The highest BCUT2D eigenvalue weighted by Crippen LogP contribution is 2.26. The molecule has 0 saturated heterocycles. The number of aliphatic hydroxyl groups excluding tert-OH is 1. The highest BCUT2D eigenvalue weighted by molar-refractivity contribution is 5.91. The largest absolute Gasteiger partial charge is 0.393 e. The summed E-state index contributed by atoms with van der Waals surface area (Å²) in [4.78, 5) is 21.9. The number of amides is 1. The maximum atomic E-state index is 12.1. The van der Waals surface area contributed by atoms with Crippen molar-refractivity contribution in [3.05, 3.63) is 23.8 Å². The molecule has 5 nitrogen and oxygen atoms in total. The molecule has 2 atom stereocenters. The van der Waals surface area contributed by atoms with Gasteiger partial charge in [-0.3, -0.25) is 9.78 Å². The first-order chi connectivity index (χ1) is 8.58. The lowest BCUT2D eigenvalue weighted by atomic mass is 10.1. The van der Waals surface area contributed by atoms with Crippen molar-refractivity contribution in [3.63, 3.8) is 0 Å². The Bertz CT molecular complexity index is 419. The number of aliphatic hydroxyl groups is 1. The van der Waals surface area contributed by atoms with Gasteiger partial charge >= 0.3 is 0 Å². The molecule has 18 heavy (non-hydrogen) atoms. The molecule has 1 aliphatic carbocycles. The van der Waals surface area contributed by atoms with Crippen molar-refractivity contribution in [2.24, 2.45) is 5.92 Å². The second kappa shape index (κ2) is 5.44. The van der Waals surface area contributed by atoms with Crippen LogP contribution in [0.5, 0.6) is 0 Å². The number of rotatable bonds is 3. The number of aryl methyl sites for hydroxylation is 1. The van der Waals surface area contributed by atoms with Gasteiger partial charge in [-0.1, -0.05) is 6.42 Å². The fraction of sp³-hybridized carbons (Fsp3) is 0.615. The van der Waals surface area contributed by atoms with Crippen molar-refractivity contribution < 1.29 is 9.90 Å².